The van der Waals surface area contributed by atoms with Crippen LogP contribution in [-0.2, 0) is 20.2 Å². The minimum Gasteiger partial charge on any atom is -0.496 e. The maximum absolute atomic E-state index is 12.9. The van der Waals surface area contributed by atoms with Gasteiger partial charge in [0.2, 0.25) is 15.9 Å². The number of rotatable bonds is 8. The Bertz CT molecular complexity index is 1160. The molecule has 0 aliphatic heterocycles. The number of nitrogens with zero attached hydrogens (tertiary/aromatic N) is 1. The quantitative estimate of drug-likeness (QED) is 0.569. The van der Waals surface area contributed by atoms with Crippen LogP contribution in [0.1, 0.15) is 62.6 Å². The van der Waals surface area contributed by atoms with Crippen LogP contribution in [0.3, 0.4) is 0 Å². The van der Waals surface area contributed by atoms with Gasteiger partial charge in [0.1, 0.15) is 12.3 Å². The molecule has 35 heavy (non-hydrogen) atoms. The molecule has 0 heterocycles. The largest absolute Gasteiger partial charge is 0.496 e. The van der Waals surface area contributed by atoms with Gasteiger partial charge in [0.15, 0.2) is 0 Å². The average molecular weight is 497 g/mol. The number of nitrogens with one attached hydrogen (secondary N) is 1. The summed E-state index contributed by atoms with van der Waals surface area (Å²) in [6.45, 7) is 1.59. The molecule has 0 aromatic heterocycles. The molecule has 188 valence electrons. The highest BCUT2D eigenvalue weighted by Crippen LogP contribution is 2.60. The van der Waals surface area contributed by atoms with E-state index in [0.717, 1.165) is 29.6 Å². The lowest BCUT2D eigenvalue weighted by Gasteiger charge is -2.57. The molecule has 1 amide bonds. The topological polar surface area (TPSA) is 75.7 Å². The van der Waals surface area contributed by atoms with Gasteiger partial charge in [-0.3, -0.25) is 9.10 Å². The summed E-state index contributed by atoms with van der Waals surface area (Å²) >= 11 is 0. The molecular weight excluding hydrogens is 460 g/mol. The Labute approximate surface area is 209 Å². The monoisotopic (exact) mass is 496 g/mol. The van der Waals surface area contributed by atoms with Crippen molar-refractivity contribution in [3.05, 3.63) is 59.7 Å². The van der Waals surface area contributed by atoms with Gasteiger partial charge in [-0.1, -0.05) is 30.3 Å². The van der Waals surface area contributed by atoms with Crippen molar-refractivity contribution in [3.63, 3.8) is 0 Å². The first kappa shape index (κ1) is 24.2. The summed E-state index contributed by atoms with van der Waals surface area (Å²) in [5.41, 5.74) is 2.96. The van der Waals surface area contributed by atoms with Crippen molar-refractivity contribution >= 4 is 21.6 Å². The minimum absolute atomic E-state index is 0.255. The predicted octanol–water partition coefficient (Wildman–Crippen LogP) is 4.81. The Morgan fingerprint density at radius 2 is 1.60 bits per heavy atom. The number of hydrogen-bond acceptors (Lipinski definition) is 4. The smallest absolute Gasteiger partial charge is 0.241 e. The van der Waals surface area contributed by atoms with Gasteiger partial charge in [-0.2, -0.15) is 0 Å². The van der Waals surface area contributed by atoms with E-state index in [1.807, 2.05) is 43.3 Å². The molecule has 4 bridgehead atoms. The van der Waals surface area contributed by atoms with E-state index in [0.29, 0.717) is 11.4 Å². The summed E-state index contributed by atoms with van der Waals surface area (Å²) in [4.78, 5) is 12.9. The SMILES string of the molecule is COc1ccccc1[C@@H](C)NC(=O)CN(c1ccc(C23CC4CC(CC(C4)C2)C3)cc1)S(C)(=O)=O. The molecule has 1 atom stereocenters. The van der Waals surface area contributed by atoms with Crippen LogP contribution in [0.2, 0.25) is 0 Å². The van der Waals surface area contributed by atoms with E-state index < -0.39 is 10.0 Å². The number of para-hydroxylation sites is 1. The summed E-state index contributed by atoms with van der Waals surface area (Å²) in [6, 6.07) is 15.1. The van der Waals surface area contributed by atoms with Crippen molar-refractivity contribution in [3.8, 4) is 5.75 Å². The van der Waals surface area contributed by atoms with E-state index in [9.17, 15) is 13.2 Å². The van der Waals surface area contributed by atoms with Gasteiger partial charge in [0.05, 0.1) is 25.1 Å². The Kier molecular flexibility index (Phi) is 6.32. The van der Waals surface area contributed by atoms with E-state index in [1.54, 1.807) is 7.11 Å². The summed E-state index contributed by atoms with van der Waals surface area (Å²) < 4.78 is 31.9. The van der Waals surface area contributed by atoms with Gasteiger partial charge < -0.3 is 10.1 Å². The zero-order valence-electron chi connectivity index (χ0n) is 20.9. The van der Waals surface area contributed by atoms with Gasteiger partial charge >= 0.3 is 0 Å². The number of carbonyl (C=O) groups excluding carboxylic acids is 1. The molecule has 4 saturated carbocycles. The van der Waals surface area contributed by atoms with Crippen LogP contribution in [0, 0.1) is 17.8 Å². The van der Waals surface area contributed by atoms with Crippen molar-refractivity contribution < 1.29 is 17.9 Å². The number of carbonyl (C=O) groups is 1. The lowest BCUT2D eigenvalue weighted by Crippen LogP contribution is -2.48. The first-order chi connectivity index (χ1) is 16.7. The zero-order valence-corrected chi connectivity index (χ0v) is 21.7. The minimum atomic E-state index is -3.64. The van der Waals surface area contributed by atoms with Gasteiger partial charge in [0.25, 0.3) is 0 Å². The Morgan fingerprint density at radius 3 is 2.14 bits per heavy atom. The Hall–Kier alpha value is -2.54. The fourth-order valence-corrected chi connectivity index (χ4v) is 8.22. The summed E-state index contributed by atoms with van der Waals surface area (Å²) in [5.74, 6) is 2.87. The molecule has 2 aromatic rings. The average Bonchev–Trinajstić information content (AvgIpc) is 2.81. The molecule has 0 unspecified atom stereocenters. The molecule has 4 aliphatic rings. The van der Waals surface area contributed by atoms with Crippen molar-refractivity contribution in [2.75, 3.05) is 24.2 Å². The number of benzene rings is 2. The molecule has 7 heteroatoms. The Balaban J connectivity index is 1.32. The van der Waals surface area contributed by atoms with Crippen LogP contribution in [0.15, 0.2) is 48.5 Å². The number of ether oxygens (including phenoxy) is 1. The van der Waals surface area contributed by atoms with E-state index in [-0.39, 0.29) is 23.9 Å². The van der Waals surface area contributed by atoms with E-state index in [1.165, 1.54) is 48.4 Å². The number of sulfonamides is 1. The fraction of sp³-hybridized carbons (Fsp3) is 0.536. The van der Waals surface area contributed by atoms with Gasteiger partial charge in [-0.15, -0.1) is 0 Å². The second kappa shape index (κ2) is 9.16. The maximum Gasteiger partial charge on any atom is 0.241 e. The first-order valence-electron chi connectivity index (χ1n) is 12.7. The normalized spacial score (nSPS) is 27.9. The lowest BCUT2D eigenvalue weighted by molar-refractivity contribution is -0.120. The van der Waals surface area contributed by atoms with E-state index >= 15 is 0 Å². The van der Waals surface area contributed by atoms with Crippen LogP contribution in [0.5, 0.6) is 5.75 Å². The van der Waals surface area contributed by atoms with Gasteiger partial charge in [-0.25, -0.2) is 8.42 Å². The van der Waals surface area contributed by atoms with Crippen molar-refractivity contribution in [2.24, 2.45) is 17.8 Å². The lowest BCUT2D eigenvalue weighted by atomic mass is 9.48. The molecule has 4 fully saturated rings. The highest BCUT2D eigenvalue weighted by atomic mass is 32.2. The zero-order chi connectivity index (χ0) is 24.8. The molecular formula is C28H36N2O4S. The molecule has 0 saturated heterocycles. The standard InChI is InChI=1S/C28H36N2O4S/c1-19(25-6-4-5-7-26(25)34-2)29-27(31)18-30(35(3,32)33)24-10-8-23(9-11-24)28-15-20-12-21(16-28)14-22(13-20)17-28/h4-11,19-22H,12-18H2,1-3H3,(H,29,31)/t19-,20?,21?,22?,28?/m1/s1. The van der Waals surface area contributed by atoms with Crippen LogP contribution in [0.4, 0.5) is 5.69 Å². The van der Waals surface area contributed by atoms with Crippen molar-refractivity contribution in [1.82, 2.24) is 5.32 Å². The maximum atomic E-state index is 12.9. The van der Waals surface area contributed by atoms with E-state index in [2.05, 4.69) is 17.4 Å². The third-order valence-electron chi connectivity index (χ3n) is 8.48. The summed E-state index contributed by atoms with van der Waals surface area (Å²) in [7, 11) is -2.05. The van der Waals surface area contributed by atoms with Crippen LogP contribution >= 0.6 is 0 Å². The van der Waals surface area contributed by atoms with Crippen molar-refractivity contribution in [1.29, 1.82) is 0 Å². The number of hydrogen-bond donors (Lipinski definition) is 1. The molecule has 1 N–H and O–H groups in total. The van der Waals surface area contributed by atoms with Crippen molar-refractivity contribution in [2.45, 2.75) is 56.9 Å². The second-order valence-electron chi connectivity index (χ2n) is 11.0. The number of anilines is 1. The number of methoxy groups -OCH3 is 1. The van der Waals surface area contributed by atoms with E-state index in [4.69, 9.17) is 4.74 Å². The van der Waals surface area contributed by atoms with Crippen LogP contribution < -0.4 is 14.4 Å². The molecule has 4 aliphatic carbocycles. The van der Waals surface area contributed by atoms with Crippen LogP contribution in [-0.4, -0.2) is 34.2 Å². The highest BCUT2D eigenvalue weighted by molar-refractivity contribution is 7.92. The molecule has 2 aromatic carbocycles. The molecule has 6 nitrogen and oxygen atoms in total. The number of amides is 1. The second-order valence-corrected chi connectivity index (χ2v) is 13.0. The first-order valence-corrected chi connectivity index (χ1v) is 14.5. The van der Waals surface area contributed by atoms with Gasteiger partial charge in [-0.05, 0) is 92.4 Å². The summed E-state index contributed by atoms with van der Waals surface area (Å²) in [6.07, 6.45) is 9.10. The molecule has 0 radical (unpaired) electrons. The fourth-order valence-electron chi connectivity index (χ4n) is 7.36. The third-order valence-corrected chi connectivity index (χ3v) is 9.62. The summed E-state index contributed by atoms with van der Waals surface area (Å²) in [5, 5.41) is 2.92. The molecule has 6 rings (SSSR count). The third kappa shape index (κ3) is 4.80. The van der Waals surface area contributed by atoms with Gasteiger partial charge in [0, 0.05) is 5.56 Å². The Morgan fingerprint density at radius 1 is 1.03 bits per heavy atom. The predicted molar refractivity (Wildman–Crippen MR) is 138 cm³/mol. The molecule has 0 spiro atoms. The highest BCUT2D eigenvalue weighted by Gasteiger charge is 2.51. The van der Waals surface area contributed by atoms with Crippen LogP contribution in [0.25, 0.3) is 0 Å².